The summed E-state index contributed by atoms with van der Waals surface area (Å²) in [5.41, 5.74) is 2.49. The highest BCUT2D eigenvalue weighted by molar-refractivity contribution is 9.10. The minimum Gasteiger partial charge on any atom is -0.496 e. The molecule has 3 aromatic rings. The molecular weight excluding hydrogens is 434 g/mol. The van der Waals surface area contributed by atoms with Gasteiger partial charge in [0.05, 0.1) is 12.8 Å². The zero-order valence-corrected chi connectivity index (χ0v) is 18.1. The van der Waals surface area contributed by atoms with E-state index in [2.05, 4.69) is 26.3 Å². The summed E-state index contributed by atoms with van der Waals surface area (Å²) in [5, 5.41) is 7.12. The van der Waals surface area contributed by atoms with Crippen molar-refractivity contribution in [3.63, 3.8) is 0 Å². The number of hydrogen-bond donors (Lipinski definition) is 1. The molecule has 0 saturated heterocycles. The first kappa shape index (κ1) is 20.8. The molecule has 0 aliphatic carbocycles. The lowest BCUT2D eigenvalue weighted by Crippen LogP contribution is -2.35. The standard InChI is InChI=1S/C22H22BrN3O3/c1-14-12-17(13-16-6-4-5-7-20(16)29-3)22(28)26(25-14)15(2)21(27)24-19-10-8-18(23)9-11-19/h4-12,15H,13H2,1-3H3,(H,24,27). The van der Waals surface area contributed by atoms with Gasteiger partial charge in [-0.1, -0.05) is 34.1 Å². The Kier molecular flexibility index (Phi) is 6.49. The molecule has 29 heavy (non-hydrogen) atoms. The monoisotopic (exact) mass is 455 g/mol. The van der Waals surface area contributed by atoms with Crippen LogP contribution in [0.15, 0.2) is 63.9 Å². The number of methoxy groups -OCH3 is 1. The van der Waals surface area contributed by atoms with Gasteiger partial charge >= 0.3 is 0 Å². The Bertz CT molecular complexity index is 1080. The molecule has 0 saturated carbocycles. The fourth-order valence-electron chi connectivity index (χ4n) is 3.04. The molecule has 3 rings (SSSR count). The third kappa shape index (κ3) is 4.92. The van der Waals surface area contributed by atoms with E-state index >= 15 is 0 Å². The number of nitrogens with one attached hydrogen (secondary N) is 1. The number of nitrogens with zero attached hydrogens (tertiary/aromatic N) is 2. The maximum atomic E-state index is 13.0. The number of aromatic nitrogens is 2. The molecule has 7 heteroatoms. The van der Waals surface area contributed by atoms with E-state index in [1.54, 1.807) is 39.2 Å². The van der Waals surface area contributed by atoms with Crippen molar-refractivity contribution in [2.24, 2.45) is 0 Å². The minimum absolute atomic E-state index is 0.292. The van der Waals surface area contributed by atoms with Gasteiger partial charge in [0.25, 0.3) is 5.56 Å². The summed E-state index contributed by atoms with van der Waals surface area (Å²) in [6.45, 7) is 3.47. The van der Waals surface area contributed by atoms with Gasteiger partial charge in [-0.05, 0) is 55.8 Å². The summed E-state index contributed by atoms with van der Waals surface area (Å²) in [6.07, 6.45) is 0.396. The zero-order valence-electron chi connectivity index (χ0n) is 16.5. The fraction of sp³-hybridized carbons (Fsp3) is 0.227. The maximum absolute atomic E-state index is 13.0. The number of benzene rings is 2. The number of ether oxygens (including phenoxy) is 1. The summed E-state index contributed by atoms with van der Waals surface area (Å²) < 4.78 is 7.55. The van der Waals surface area contributed by atoms with E-state index in [0.717, 1.165) is 10.0 Å². The Hall–Kier alpha value is -2.93. The Labute approximate surface area is 177 Å². The van der Waals surface area contributed by atoms with Crippen LogP contribution in [0.1, 0.15) is 29.8 Å². The molecule has 1 atom stereocenters. The van der Waals surface area contributed by atoms with Crippen molar-refractivity contribution in [3.8, 4) is 5.75 Å². The molecule has 2 aromatic carbocycles. The molecule has 0 bridgehead atoms. The molecule has 1 unspecified atom stereocenters. The van der Waals surface area contributed by atoms with Crippen molar-refractivity contribution in [3.05, 3.63) is 86.2 Å². The Morgan fingerprint density at radius 2 is 1.86 bits per heavy atom. The molecule has 150 valence electrons. The van der Waals surface area contributed by atoms with Crippen molar-refractivity contribution in [2.75, 3.05) is 12.4 Å². The molecule has 6 nitrogen and oxygen atoms in total. The molecule has 1 aromatic heterocycles. The Morgan fingerprint density at radius 3 is 2.55 bits per heavy atom. The van der Waals surface area contributed by atoms with Gasteiger partial charge in [-0.15, -0.1) is 0 Å². The quantitative estimate of drug-likeness (QED) is 0.606. The number of anilines is 1. The van der Waals surface area contributed by atoms with Crippen molar-refractivity contribution in [2.45, 2.75) is 26.3 Å². The highest BCUT2D eigenvalue weighted by Crippen LogP contribution is 2.20. The highest BCUT2D eigenvalue weighted by atomic mass is 79.9. The van der Waals surface area contributed by atoms with E-state index in [4.69, 9.17) is 4.74 Å². The Balaban J connectivity index is 1.88. The molecule has 0 radical (unpaired) electrons. The van der Waals surface area contributed by atoms with E-state index in [0.29, 0.717) is 29.1 Å². The van der Waals surface area contributed by atoms with Gasteiger partial charge in [0.2, 0.25) is 5.91 Å². The summed E-state index contributed by atoms with van der Waals surface area (Å²) in [6, 6.07) is 15.8. The lowest BCUT2D eigenvalue weighted by Gasteiger charge is -2.16. The van der Waals surface area contributed by atoms with Crippen molar-refractivity contribution in [1.82, 2.24) is 9.78 Å². The first-order valence-electron chi connectivity index (χ1n) is 9.16. The normalized spacial score (nSPS) is 11.7. The zero-order chi connectivity index (χ0) is 21.0. The second-order valence-electron chi connectivity index (χ2n) is 6.72. The van der Waals surface area contributed by atoms with Crippen molar-refractivity contribution in [1.29, 1.82) is 0 Å². The van der Waals surface area contributed by atoms with Gasteiger partial charge in [0.1, 0.15) is 11.8 Å². The van der Waals surface area contributed by atoms with E-state index in [9.17, 15) is 9.59 Å². The number of aryl methyl sites for hydroxylation is 1. The van der Waals surface area contributed by atoms with E-state index in [-0.39, 0.29) is 11.5 Å². The lowest BCUT2D eigenvalue weighted by atomic mass is 10.0. The predicted molar refractivity (Wildman–Crippen MR) is 117 cm³/mol. The number of halogens is 1. The number of hydrogen-bond acceptors (Lipinski definition) is 4. The number of carbonyl (C=O) groups is 1. The summed E-state index contributed by atoms with van der Waals surface area (Å²) in [5.74, 6) is 0.407. The number of amides is 1. The highest BCUT2D eigenvalue weighted by Gasteiger charge is 2.20. The minimum atomic E-state index is -0.762. The van der Waals surface area contributed by atoms with Gasteiger partial charge < -0.3 is 10.1 Å². The van der Waals surface area contributed by atoms with Crippen LogP contribution in [0.3, 0.4) is 0 Å². The van der Waals surface area contributed by atoms with Crippen LogP contribution in [0.5, 0.6) is 5.75 Å². The third-order valence-corrected chi connectivity index (χ3v) is 5.09. The molecule has 0 aliphatic rings. The topological polar surface area (TPSA) is 73.2 Å². The molecule has 0 aliphatic heterocycles. The molecule has 0 fully saturated rings. The van der Waals surface area contributed by atoms with Crippen LogP contribution in [0, 0.1) is 6.92 Å². The summed E-state index contributed by atoms with van der Waals surface area (Å²) >= 11 is 3.36. The second-order valence-corrected chi connectivity index (χ2v) is 7.64. The van der Waals surface area contributed by atoms with Crippen molar-refractivity contribution < 1.29 is 9.53 Å². The number of carbonyl (C=O) groups excluding carboxylic acids is 1. The van der Waals surface area contributed by atoms with E-state index < -0.39 is 6.04 Å². The smallest absolute Gasteiger partial charge is 0.271 e. The molecule has 1 N–H and O–H groups in total. The fourth-order valence-corrected chi connectivity index (χ4v) is 3.30. The van der Waals surface area contributed by atoms with E-state index in [1.165, 1.54) is 4.68 Å². The largest absolute Gasteiger partial charge is 0.496 e. The van der Waals surface area contributed by atoms with Gasteiger partial charge in [-0.25, -0.2) is 4.68 Å². The number of para-hydroxylation sites is 1. The number of rotatable bonds is 6. The van der Waals surface area contributed by atoms with Crippen LogP contribution >= 0.6 is 15.9 Å². The Morgan fingerprint density at radius 1 is 1.17 bits per heavy atom. The first-order valence-corrected chi connectivity index (χ1v) is 9.96. The average molecular weight is 456 g/mol. The molecule has 1 heterocycles. The van der Waals surface area contributed by atoms with Gasteiger partial charge in [-0.2, -0.15) is 5.10 Å². The van der Waals surface area contributed by atoms with Crippen LogP contribution in [-0.2, 0) is 11.2 Å². The summed E-state index contributed by atoms with van der Waals surface area (Å²) in [7, 11) is 1.60. The van der Waals surface area contributed by atoms with E-state index in [1.807, 2.05) is 36.4 Å². The van der Waals surface area contributed by atoms with Crippen LogP contribution in [0.25, 0.3) is 0 Å². The molecule has 0 spiro atoms. The van der Waals surface area contributed by atoms with Crippen LogP contribution in [-0.4, -0.2) is 22.8 Å². The first-order chi connectivity index (χ1) is 13.9. The SMILES string of the molecule is COc1ccccc1Cc1cc(C)nn(C(C)C(=O)Nc2ccc(Br)cc2)c1=O. The lowest BCUT2D eigenvalue weighted by molar-refractivity contribution is -0.119. The van der Waals surface area contributed by atoms with Crippen LogP contribution < -0.4 is 15.6 Å². The third-order valence-electron chi connectivity index (χ3n) is 4.56. The predicted octanol–water partition coefficient (Wildman–Crippen LogP) is 4.11. The average Bonchev–Trinajstić information content (AvgIpc) is 2.72. The maximum Gasteiger partial charge on any atom is 0.271 e. The van der Waals surface area contributed by atoms with Crippen molar-refractivity contribution >= 4 is 27.5 Å². The molecule has 1 amide bonds. The molecular formula is C22H22BrN3O3. The van der Waals surface area contributed by atoms with Crippen LogP contribution in [0.2, 0.25) is 0 Å². The second kappa shape index (κ2) is 9.05. The van der Waals surface area contributed by atoms with Crippen LogP contribution in [0.4, 0.5) is 5.69 Å². The van der Waals surface area contributed by atoms with Gasteiger partial charge in [-0.3, -0.25) is 9.59 Å². The summed E-state index contributed by atoms with van der Waals surface area (Å²) in [4.78, 5) is 25.7. The van der Waals surface area contributed by atoms with Gasteiger partial charge in [0, 0.05) is 22.1 Å². The van der Waals surface area contributed by atoms with Gasteiger partial charge in [0.15, 0.2) is 0 Å².